The minimum atomic E-state index is -0.948. The average molecular weight is 292 g/mol. The maximum Gasteiger partial charge on any atom is 0.337 e. The van der Waals surface area contributed by atoms with E-state index in [0.29, 0.717) is 18.8 Å². The number of fused-ring (bicyclic) bond motifs is 1. The molecule has 1 unspecified atom stereocenters. The van der Waals surface area contributed by atoms with Crippen LogP contribution in [0, 0.1) is 0 Å². The molecule has 0 bridgehead atoms. The van der Waals surface area contributed by atoms with Gasteiger partial charge in [-0.1, -0.05) is 0 Å². The summed E-state index contributed by atoms with van der Waals surface area (Å²) in [6.07, 6.45) is 3.62. The summed E-state index contributed by atoms with van der Waals surface area (Å²) in [5, 5.41) is 9.32. The van der Waals surface area contributed by atoms with Gasteiger partial charge in [0.15, 0.2) is 0 Å². The molecule has 0 saturated carbocycles. The third kappa shape index (κ3) is 2.44. The Bertz CT molecular complexity index is 578. The number of hydrogen-bond acceptors (Lipinski definition) is 3. The average Bonchev–Trinajstić information content (AvgIpc) is 3.11. The van der Waals surface area contributed by atoms with Crippen LogP contribution in [0.3, 0.4) is 0 Å². The van der Waals surface area contributed by atoms with Crippen molar-refractivity contribution in [1.82, 2.24) is 9.47 Å². The number of carboxylic acids is 1. The minimum Gasteiger partial charge on any atom is -0.478 e. The zero-order chi connectivity index (χ0) is 15.0. The predicted octanol–water partition coefficient (Wildman–Crippen LogP) is 1.38. The van der Waals surface area contributed by atoms with E-state index in [-0.39, 0.29) is 17.6 Å². The first-order valence-electron chi connectivity index (χ1n) is 7.39. The van der Waals surface area contributed by atoms with Gasteiger partial charge in [0.2, 0.25) is 0 Å². The number of carbonyl (C=O) groups excluding carboxylic acids is 1. The van der Waals surface area contributed by atoms with Crippen molar-refractivity contribution in [3.05, 3.63) is 23.0 Å². The number of methoxy groups -OCH3 is 1. The minimum absolute atomic E-state index is 0.0785. The van der Waals surface area contributed by atoms with Crippen LogP contribution in [-0.4, -0.2) is 52.8 Å². The first-order chi connectivity index (χ1) is 10.1. The fourth-order valence-electron chi connectivity index (χ4n) is 3.31. The highest BCUT2D eigenvalue weighted by molar-refractivity contribution is 5.98. The number of carboxylic acid groups (broad SMARTS) is 1. The van der Waals surface area contributed by atoms with Crippen LogP contribution in [0.2, 0.25) is 0 Å². The standard InChI is InChI=1S/C15H20N2O4/c1-21-10-5-7-16(9-10)14(18)13-8-11(15(19)20)12-4-2-3-6-17(12)13/h8,10H,2-7,9H2,1H3,(H,19,20). The third-order valence-corrected chi connectivity index (χ3v) is 4.47. The van der Waals surface area contributed by atoms with E-state index in [0.717, 1.165) is 37.9 Å². The zero-order valence-electron chi connectivity index (χ0n) is 12.2. The molecule has 1 aromatic heterocycles. The Morgan fingerprint density at radius 3 is 2.81 bits per heavy atom. The van der Waals surface area contributed by atoms with Gasteiger partial charge in [0.05, 0.1) is 11.7 Å². The molecule has 3 rings (SSSR count). The number of nitrogens with zero attached hydrogens (tertiary/aromatic N) is 2. The molecule has 1 aromatic rings. The number of amides is 1. The molecule has 1 atom stereocenters. The van der Waals surface area contributed by atoms with Crippen LogP contribution in [0.4, 0.5) is 0 Å². The molecular formula is C15H20N2O4. The largest absolute Gasteiger partial charge is 0.478 e. The van der Waals surface area contributed by atoms with Crippen molar-refractivity contribution in [3.63, 3.8) is 0 Å². The van der Waals surface area contributed by atoms with Crippen molar-refractivity contribution in [1.29, 1.82) is 0 Å². The summed E-state index contributed by atoms with van der Waals surface area (Å²) in [6.45, 7) is 1.98. The van der Waals surface area contributed by atoms with Crippen molar-refractivity contribution in [2.24, 2.45) is 0 Å². The highest BCUT2D eigenvalue weighted by Crippen LogP contribution is 2.26. The number of ether oxygens (including phenoxy) is 1. The van der Waals surface area contributed by atoms with Crippen molar-refractivity contribution in [3.8, 4) is 0 Å². The lowest BCUT2D eigenvalue weighted by atomic mass is 10.1. The number of hydrogen-bond donors (Lipinski definition) is 1. The van der Waals surface area contributed by atoms with E-state index in [2.05, 4.69) is 0 Å². The van der Waals surface area contributed by atoms with Crippen LogP contribution < -0.4 is 0 Å². The summed E-state index contributed by atoms with van der Waals surface area (Å²) < 4.78 is 7.19. The summed E-state index contributed by atoms with van der Waals surface area (Å²) in [7, 11) is 1.65. The van der Waals surface area contributed by atoms with E-state index in [1.807, 2.05) is 4.57 Å². The molecule has 6 nitrogen and oxygen atoms in total. The first-order valence-corrected chi connectivity index (χ1v) is 7.39. The second-order valence-electron chi connectivity index (χ2n) is 5.70. The Morgan fingerprint density at radius 2 is 2.14 bits per heavy atom. The zero-order valence-corrected chi connectivity index (χ0v) is 12.2. The topological polar surface area (TPSA) is 71.8 Å². The van der Waals surface area contributed by atoms with Crippen LogP contribution in [-0.2, 0) is 17.7 Å². The quantitative estimate of drug-likeness (QED) is 0.913. The molecule has 21 heavy (non-hydrogen) atoms. The van der Waals surface area contributed by atoms with Gasteiger partial charge in [-0.2, -0.15) is 0 Å². The SMILES string of the molecule is COC1CCN(C(=O)c2cc(C(=O)O)c3n2CCCC3)C1. The van der Waals surface area contributed by atoms with Crippen LogP contribution in [0.1, 0.15) is 45.8 Å². The smallest absolute Gasteiger partial charge is 0.337 e. The Balaban J connectivity index is 1.91. The maximum absolute atomic E-state index is 12.7. The summed E-state index contributed by atoms with van der Waals surface area (Å²) in [6, 6.07) is 1.55. The first kappa shape index (κ1) is 14.1. The molecule has 1 N–H and O–H groups in total. The van der Waals surface area contributed by atoms with Crippen LogP contribution in [0.15, 0.2) is 6.07 Å². The van der Waals surface area contributed by atoms with Crippen LogP contribution in [0.25, 0.3) is 0 Å². The van der Waals surface area contributed by atoms with Crippen molar-refractivity contribution >= 4 is 11.9 Å². The lowest BCUT2D eigenvalue weighted by Crippen LogP contribution is -2.32. The van der Waals surface area contributed by atoms with Gasteiger partial charge >= 0.3 is 5.97 Å². The van der Waals surface area contributed by atoms with Gasteiger partial charge in [0, 0.05) is 32.4 Å². The molecule has 6 heteroatoms. The van der Waals surface area contributed by atoms with Crippen LogP contribution in [0.5, 0.6) is 0 Å². The van der Waals surface area contributed by atoms with Gasteiger partial charge in [-0.25, -0.2) is 4.79 Å². The number of likely N-dealkylation sites (tertiary alicyclic amines) is 1. The molecule has 3 heterocycles. The normalized spacial score (nSPS) is 21.4. The molecule has 0 radical (unpaired) electrons. The van der Waals surface area contributed by atoms with Gasteiger partial charge in [0.25, 0.3) is 5.91 Å². The molecule has 0 aliphatic carbocycles. The molecule has 0 aromatic carbocycles. The molecule has 2 aliphatic rings. The fourth-order valence-corrected chi connectivity index (χ4v) is 3.31. The summed E-state index contributed by atoms with van der Waals surface area (Å²) >= 11 is 0. The molecule has 0 spiro atoms. The Hall–Kier alpha value is -1.82. The van der Waals surface area contributed by atoms with Gasteiger partial charge in [-0.15, -0.1) is 0 Å². The van der Waals surface area contributed by atoms with Gasteiger partial charge < -0.3 is 19.3 Å². The second-order valence-corrected chi connectivity index (χ2v) is 5.70. The van der Waals surface area contributed by atoms with Crippen molar-refractivity contribution < 1.29 is 19.4 Å². The van der Waals surface area contributed by atoms with Crippen molar-refractivity contribution in [2.45, 2.75) is 38.3 Å². The van der Waals surface area contributed by atoms with Gasteiger partial charge in [-0.05, 0) is 31.7 Å². The summed E-state index contributed by atoms with van der Waals surface area (Å²) in [5.74, 6) is -1.03. The molecular weight excluding hydrogens is 272 g/mol. The fraction of sp³-hybridized carbons (Fsp3) is 0.600. The molecule has 1 amide bonds. The van der Waals surface area contributed by atoms with Crippen LogP contribution >= 0.6 is 0 Å². The lowest BCUT2D eigenvalue weighted by Gasteiger charge is -2.21. The van der Waals surface area contributed by atoms with E-state index in [1.165, 1.54) is 0 Å². The monoisotopic (exact) mass is 292 g/mol. The Labute approximate surface area is 123 Å². The maximum atomic E-state index is 12.7. The third-order valence-electron chi connectivity index (χ3n) is 4.47. The highest BCUT2D eigenvalue weighted by Gasteiger charge is 2.31. The second kappa shape index (κ2) is 5.52. The number of carbonyl (C=O) groups is 2. The van der Waals surface area contributed by atoms with E-state index < -0.39 is 5.97 Å². The van der Waals surface area contributed by atoms with Gasteiger partial charge in [-0.3, -0.25) is 4.79 Å². The van der Waals surface area contributed by atoms with E-state index in [9.17, 15) is 14.7 Å². The number of aromatic nitrogens is 1. The molecule has 1 fully saturated rings. The van der Waals surface area contributed by atoms with E-state index in [4.69, 9.17) is 4.74 Å². The predicted molar refractivity (Wildman–Crippen MR) is 75.6 cm³/mol. The summed E-state index contributed by atoms with van der Waals surface area (Å²) in [5.41, 5.74) is 1.58. The lowest BCUT2D eigenvalue weighted by molar-refractivity contribution is 0.0694. The molecule has 114 valence electrons. The molecule has 1 saturated heterocycles. The summed E-state index contributed by atoms with van der Waals surface area (Å²) in [4.78, 5) is 25.8. The van der Waals surface area contributed by atoms with E-state index >= 15 is 0 Å². The Morgan fingerprint density at radius 1 is 1.33 bits per heavy atom. The van der Waals surface area contributed by atoms with Crippen molar-refractivity contribution in [2.75, 3.05) is 20.2 Å². The number of aromatic carboxylic acids is 1. The van der Waals surface area contributed by atoms with E-state index in [1.54, 1.807) is 18.1 Å². The number of rotatable bonds is 3. The molecule has 2 aliphatic heterocycles. The highest BCUT2D eigenvalue weighted by atomic mass is 16.5. The van der Waals surface area contributed by atoms with Gasteiger partial charge in [0.1, 0.15) is 5.69 Å². The Kier molecular flexibility index (Phi) is 3.71.